The van der Waals surface area contributed by atoms with Crippen molar-refractivity contribution in [2.45, 2.75) is 57.6 Å². The maximum atomic E-state index is 12.3. The van der Waals surface area contributed by atoms with E-state index in [1.54, 1.807) is 16.7 Å². The second kappa shape index (κ2) is 9.08. The summed E-state index contributed by atoms with van der Waals surface area (Å²) in [5.74, 6) is 0. The number of thioether (sulfide) groups is 1. The third-order valence-electron chi connectivity index (χ3n) is 4.88. The van der Waals surface area contributed by atoms with Crippen LogP contribution in [0, 0.1) is 0 Å². The molecule has 0 saturated carbocycles. The minimum Gasteiger partial charge on any atom is -0.444 e. The van der Waals surface area contributed by atoms with E-state index < -0.39 is 5.60 Å². The fraction of sp³-hybridized carbons (Fsp3) is 0.478. The fourth-order valence-corrected chi connectivity index (χ4v) is 3.80. The Morgan fingerprint density at radius 2 is 1.97 bits per heavy atom. The van der Waals surface area contributed by atoms with Crippen LogP contribution in [0.4, 0.5) is 4.79 Å². The molecule has 0 saturated heterocycles. The SMILES string of the molecule is CCc1nn(Cc2ccc(SC)cc2)cc1C1=CCN(C(=O)OC(C)(C)C)CC1. The Morgan fingerprint density at radius 1 is 1.24 bits per heavy atom. The molecule has 1 amide bonds. The van der Waals surface area contributed by atoms with Crippen molar-refractivity contribution in [1.82, 2.24) is 14.7 Å². The van der Waals surface area contributed by atoms with E-state index in [4.69, 9.17) is 9.84 Å². The first-order valence-electron chi connectivity index (χ1n) is 10.2. The number of amides is 1. The summed E-state index contributed by atoms with van der Waals surface area (Å²) in [6, 6.07) is 8.63. The van der Waals surface area contributed by atoms with E-state index >= 15 is 0 Å². The smallest absolute Gasteiger partial charge is 0.410 e. The number of aromatic nitrogens is 2. The van der Waals surface area contributed by atoms with E-state index in [9.17, 15) is 4.79 Å². The number of ether oxygens (including phenoxy) is 1. The molecule has 0 aliphatic carbocycles. The highest BCUT2D eigenvalue weighted by Gasteiger charge is 2.25. The highest BCUT2D eigenvalue weighted by Crippen LogP contribution is 2.26. The molecule has 0 fully saturated rings. The molecule has 1 aromatic heterocycles. The maximum Gasteiger partial charge on any atom is 0.410 e. The molecule has 0 radical (unpaired) electrons. The monoisotopic (exact) mass is 413 g/mol. The summed E-state index contributed by atoms with van der Waals surface area (Å²) in [5.41, 5.74) is 4.37. The summed E-state index contributed by atoms with van der Waals surface area (Å²) in [7, 11) is 0. The molecule has 3 rings (SSSR count). The van der Waals surface area contributed by atoms with Crippen molar-refractivity contribution in [3.63, 3.8) is 0 Å². The first-order valence-corrected chi connectivity index (χ1v) is 11.4. The van der Waals surface area contributed by atoms with Gasteiger partial charge < -0.3 is 9.64 Å². The van der Waals surface area contributed by atoms with Crippen LogP contribution >= 0.6 is 11.8 Å². The van der Waals surface area contributed by atoms with Crippen LogP contribution in [-0.4, -0.2) is 45.7 Å². The van der Waals surface area contributed by atoms with Gasteiger partial charge in [-0.15, -0.1) is 11.8 Å². The molecule has 156 valence electrons. The summed E-state index contributed by atoms with van der Waals surface area (Å²) >= 11 is 1.75. The van der Waals surface area contributed by atoms with E-state index in [0.717, 1.165) is 25.1 Å². The van der Waals surface area contributed by atoms with Crippen molar-refractivity contribution in [2.75, 3.05) is 19.3 Å². The Balaban J connectivity index is 1.71. The lowest BCUT2D eigenvalue weighted by molar-refractivity contribution is 0.0270. The second-order valence-corrected chi connectivity index (χ2v) is 9.17. The van der Waals surface area contributed by atoms with Gasteiger partial charge in [-0.3, -0.25) is 4.68 Å². The van der Waals surface area contributed by atoms with Crippen molar-refractivity contribution in [2.24, 2.45) is 0 Å². The highest BCUT2D eigenvalue weighted by molar-refractivity contribution is 7.98. The van der Waals surface area contributed by atoms with E-state index in [-0.39, 0.29) is 6.09 Å². The lowest BCUT2D eigenvalue weighted by Gasteiger charge is -2.29. The molecule has 0 N–H and O–H groups in total. The van der Waals surface area contributed by atoms with Crippen molar-refractivity contribution in [3.05, 3.63) is 53.4 Å². The first-order chi connectivity index (χ1) is 13.8. The average molecular weight is 414 g/mol. The Bertz CT molecular complexity index is 879. The number of hydrogen-bond acceptors (Lipinski definition) is 4. The molecule has 2 aromatic rings. The molecule has 1 aliphatic heterocycles. The Kier molecular flexibility index (Phi) is 6.73. The number of carbonyl (C=O) groups excluding carboxylic acids is 1. The van der Waals surface area contributed by atoms with Crippen LogP contribution in [0.2, 0.25) is 0 Å². The predicted octanol–water partition coefficient (Wildman–Crippen LogP) is 5.24. The predicted molar refractivity (Wildman–Crippen MR) is 119 cm³/mol. The summed E-state index contributed by atoms with van der Waals surface area (Å²) in [6.07, 6.45) is 7.84. The number of rotatable bonds is 5. The standard InChI is InChI=1S/C23H31N3O2S/c1-6-21-20(16-26(24-21)15-17-7-9-19(29-5)10-8-17)18-11-13-25(14-12-18)22(27)28-23(2,3)4/h7-11,16H,6,12-15H2,1-5H3. The van der Waals surface area contributed by atoms with Crippen LogP contribution in [-0.2, 0) is 17.7 Å². The molecular formula is C23H31N3O2S. The van der Waals surface area contributed by atoms with Gasteiger partial charge in [-0.05, 0) is 63.1 Å². The minimum atomic E-state index is -0.467. The molecular weight excluding hydrogens is 382 g/mol. The number of carbonyl (C=O) groups is 1. The average Bonchev–Trinajstić information content (AvgIpc) is 3.10. The molecule has 2 heterocycles. The lowest BCUT2D eigenvalue weighted by Crippen LogP contribution is -2.39. The highest BCUT2D eigenvalue weighted by atomic mass is 32.2. The van der Waals surface area contributed by atoms with E-state index in [2.05, 4.69) is 49.7 Å². The van der Waals surface area contributed by atoms with Crippen LogP contribution in [0.3, 0.4) is 0 Å². The first kappa shape index (κ1) is 21.5. The van der Waals surface area contributed by atoms with E-state index in [1.807, 2.05) is 25.5 Å². The number of hydrogen-bond donors (Lipinski definition) is 0. The zero-order valence-electron chi connectivity index (χ0n) is 18.1. The Morgan fingerprint density at radius 3 is 2.52 bits per heavy atom. The quantitative estimate of drug-likeness (QED) is 0.629. The Hall–Kier alpha value is -2.21. The molecule has 1 aromatic carbocycles. The van der Waals surface area contributed by atoms with Gasteiger partial charge in [0, 0.05) is 29.7 Å². The summed E-state index contributed by atoms with van der Waals surface area (Å²) in [4.78, 5) is 15.3. The number of aryl methyl sites for hydroxylation is 1. The van der Waals surface area contributed by atoms with Crippen molar-refractivity contribution < 1.29 is 9.53 Å². The molecule has 1 aliphatic rings. The Labute approximate surface area is 178 Å². The summed E-state index contributed by atoms with van der Waals surface area (Å²) < 4.78 is 7.52. The van der Waals surface area contributed by atoms with Crippen LogP contribution in [0.5, 0.6) is 0 Å². The van der Waals surface area contributed by atoms with Gasteiger partial charge in [-0.2, -0.15) is 5.10 Å². The van der Waals surface area contributed by atoms with Gasteiger partial charge in [-0.1, -0.05) is 25.1 Å². The molecule has 5 nitrogen and oxygen atoms in total. The zero-order valence-corrected chi connectivity index (χ0v) is 18.9. The van der Waals surface area contributed by atoms with Gasteiger partial charge in [0.2, 0.25) is 0 Å². The molecule has 0 bridgehead atoms. The van der Waals surface area contributed by atoms with Gasteiger partial charge in [-0.25, -0.2) is 4.79 Å². The summed E-state index contributed by atoms with van der Waals surface area (Å²) in [6.45, 7) is 9.84. The van der Waals surface area contributed by atoms with Gasteiger partial charge in [0.1, 0.15) is 5.60 Å². The molecule has 29 heavy (non-hydrogen) atoms. The van der Waals surface area contributed by atoms with Crippen molar-refractivity contribution in [3.8, 4) is 0 Å². The van der Waals surface area contributed by atoms with Gasteiger partial charge in [0.15, 0.2) is 0 Å². The van der Waals surface area contributed by atoms with Gasteiger partial charge in [0.25, 0.3) is 0 Å². The second-order valence-electron chi connectivity index (χ2n) is 8.29. The van der Waals surface area contributed by atoms with Crippen LogP contribution in [0.15, 0.2) is 41.4 Å². The van der Waals surface area contributed by atoms with Crippen LogP contribution in [0.25, 0.3) is 5.57 Å². The maximum absolute atomic E-state index is 12.3. The third-order valence-corrected chi connectivity index (χ3v) is 5.63. The van der Waals surface area contributed by atoms with Gasteiger partial charge >= 0.3 is 6.09 Å². The van der Waals surface area contributed by atoms with Crippen LogP contribution < -0.4 is 0 Å². The topological polar surface area (TPSA) is 47.4 Å². The molecule has 0 spiro atoms. The third kappa shape index (κ3) is 5.66. The van der Waals surface area contributed by atoms with E-state index in [1.165, 1.54) is 21.6 Å². The van der Waals surface area contributed by atoms with Crippen molar-refractivity contribution in [1.29, 1.82) is 0 Å². The fourth-order valence-electron chi connectivity index (χ4n) is 3.40. The molecule has 0 unspecified atom stereocenters. The van der Waals surface area contributed by atoms with Crippen molar-refractivity contribution >= 4 is 23.4 Å². The number of nitrogens with zero attached hydrogens (tertiary/aromatic N) is 3. The van der Waals surface area contributed by atoms with E-state index in [0.29, 0.717) is 13.1 Å². The lowest BCUT2D eigenvalue weighted by atomic mass is 9.99. The minimum absolute atomic E-state index is 0.243. The largest absolute Gasteiger partial charge is 0.444 e. The molecule has 0 atom stereocenters. The zero-order chi connectivity index (χ0) is 21.0. The normalized spacial score (nSPS) is 14.7. The molecule has 6 heteroatoms. The summed E-state index contributed by atoms with van der Waals surface area (Å²) in [5, 5.41) is 4.81. The number of benzene rings is 1. The van der Waals surface area contributed by atoms with Crippen LogP contribution in [0.1, 0.15) is 50.9 Å². The van der Waals surface area contributed by atoms with Gasteiger partial charge in [0.05, 0.1) is 12.2 Å².